The van der Waals surface area contributed by atoms with E-state index < -0.39 is 0 Å². The molecule has 0 bridgehead atoms. The predicted octanol–water partition coefficient (Wildman–Crippen LogP) is 2.60. The van der Waals surface area contributed by atoms with E-state index in [0.29, 0.717) is 17.2 Å². The molecule has 100 valence electrons. The summed E-state index contributed by atoms with van der Waals surface area (Å²) in [5.41, 5.74) is 3.51. The number of rotatable bonds is 2. The Morgan fingerprint density at radius 1 is 1.10 bits per heavy atom. The first-order valence-electron chi connectivity index (χ1n) is 6.33. The summed E-state index contributed by atoms with van der Waals surface area (Å²) in [6, 6.07) is 11.2. The Hall–Kier alpha value is -2.69. The van der Waals surface area contributed by atoms with Crippen LogP contribution in [0.25, 0.3) is 5.65 Å². The van der Waals surface area contributed by atoms with Crippen molar-refractivity contribution in [3.8, 4) is 0 Å². The van der Waals surface area contributed by atoms with Gasteiger partial charge < -0.3 is 0 Å². The third-order valence-corrected chi connectivity index (χ3v) is 3.03. The molecule has 0 saturated heterocycles. The number of benzene rings is 1. The molecule has 1 N–H and O–H groups in total. The number of amides is 1. The number of fused-ring (bicyclic) bond motifs is 1. The Morgan fingerprint density at radius 3 is 2.60 bits per heavy atom. The zero-order chi connectivity index (χ0) is 14.1. The van der Waals surface area contributed by atoms with Crippen LogP contribution in [-0.4, -0.2) is 20.5 Å². The van der Waals surface area contributed by atoms with Gasteiger partial charge in [0, 0.05) is 11.8 Å². The van der Waals surface area contributed by atoms with E-state index >= 15 is 0 Å². The maximum Gasteiger partial charge on any atom is 0.258 e. The van der Waals surface area contributed by atoms with Crippen LogP contribution in [0.5, 0.6) is 0 Å². The quantitative estimate of drug-likeness (QED) is 0.775. The van der Waals surface area contributed by atoms with E-state index in [2.05, 4.69) is 15.4 Å². The second-order valence-electron chi connectivity index (χ2n) is 4.76. The third kappa shape index (κ3) is 2.38. The van der Waals surface area contributed by atoms with Crippen molar-refractivity contribution in [3.05, 3.63) is 59.3 Å². The second-order valence-corrected chi connectivity index (χ2v) is 4.76. The number of carbonyl (C=O) groups excluding carboxylic acids is 1. The molecule has 0 radical (unpaired) electrons. The minimum absolute atomic E-state index is 0.211. The Kier molecular flexibility index (Phi) is 2.95. The average molecular weight is 266 g/mol. The molecular weight excluding hydrogens is 252 g/mol. The van der Waals surface area contributed by atoms with Crippen LogP contribution < -0.4 is 5.32 Å². The summed E-state index contributed by atoms with van der Waals surface area (Å²) in [6.07, 6.45) is 1.82. The zero-order valence-corrected chi connectivity index (χ0v) is 11.3. The highest BCUT2D eigenvalue weighted by molar-refractivity contribution is 6.03. The minimum Gasteiger partial charge on any atom is -0.289 e. The number of pyridine rings is 1. The second kappa shape index (κ2) is 4.77. The lowest BCUT2D eigenvalue weighted by Crippen LogP contribution is -2.12. The van der Waals surface area contributed by atoms with E-state index in [9.17, 15) is 4.79 Å². The molecule has 5 nitrogen and oxygen atoms in total. The van der Waals surface area contributed by atoms with Gasteiger partial charge in [-0.1, -0.05) is 17.7 Å². The van der Waals surface area contributed by atoms with Crippen molar-refractivity contribution in [2.45, 2.75) is 13.8 Å². The van der Waals surface area contributed by atoms with E-state index in [1.165, 1.54) is 0 Å². The van der Waals surface area contributed by atoms with Gasteiger partial charge in [0.15, 0.2) is 5.65 Å². The van der Waals surface area contributed by atoms with E-state index in [-0.39, 0.29) is 5.91 Å². The van der Waals surface area contributed by atoms with Crippen molar-refractivity contribution in [3.63, 3.8) is 0 Å². The summed E-state index contributed by atoms with van der Waals surface area (Å²) in [4.78, 5) is 16.3. The number of anilines is 1. The van der Waals surface area contributed by atoms with E-state index in [1.807, 2.05) is 44.3 Å². The molecule has 0 aliphatic heterocycles. The Labute approximate surface area is 116 Å². The molecule has 0 aliphatic rings. The normalized spacial score (nSPS) is 10.7. The first-order chi connectivity index (χ1) is 9.61. The highest BCUT2D eigenvalue weighted by atomic mass is 16.1. The average Bonchev–Trinajstić information content (AvgIpc) is 2.80. The lowest BCUT2D eigenvalue weighted by molar-refractivity contribution is 0.102. The molecule has 0 fully saturated rings. The molecule has 1 amide bonds. The standard InChI is InChI=1S/C15H14N4O/c1-10-3-5-12(6-4-10)14(20)17-15-16-13-9-11(2)7-8-19(13)18-15/h3-9H,1-2H3,(H,17,18,20). The number of carbonyl (C=O) groups is 1. The fourth-order valence-corrected chi connectivity index (χ4v) is 1.91. The van der Waals surface area contributed by atoms with Crippen molar-refractivity contribution < 1.29 is 4.79 Å². The van der Waals surface area contributed by atoms with Crippen LogP contribution in [0.1, 0.15) is 21.5 Å². The van der Waals surface area contributed by atoms with Crippen LogP contribution in [0.15, 0.2) is 42.6 Å². The van der Waals surface area contributed by atoms with Gasteiger partial charge in [-0.05, 0) is 43.7 Å². The lowest BCUT2D eigenvalue weighted by Gasteiger charge is -2.00. The van der Waals surface area contributed by atoms with Gasteiger partial charge >= 0.3 is 0 Å². The van der Waals surface area contributed by atoms with Gasteiger partial charge in [-0.15, -0.1) is 5.10 Å². The van der Waals surface area contributed by atoms with Gasteiger partial charge in [0.2, 0.25) is 5.95 Å². The van der Waals surface area contributed by atoms with Crippen LogP contribution in [0.2, 0.25) is 0 Å². The smallest absolute Gasteiger partial charge is 0.258 e. The van der Waals surface area contributed by atoms with Gasteiger partial charge in [-0.25, -0.2) is 4.52 Å². The molecule has 2 aromatic heterocycles. The third-order valence-electron chi connectivity index (χ3n) is 3.03. The van der Waals surface area contributed by atoms with Gasteiger partial charge in [0.05, 0.1) is 0 Å². The van der Waals surface area contributed by atoms with Crippen molar-refractivity contribution >= 4 is 17.5 Å². The maximum absolute atomic E-state index is 12.1. The summed E-state index contributed by atoms with van der Waals surface area (Å²) in [7, 11) is 0. The van der Waals surface area contributed by atoms with Gasteiger partial charge in [-0.2, -0.15) is 4.98 Å². The summed E-state index contributed by atoms with van der Waals surface area (Å²) in [5.74, 6) is 0.0961. The van der Waals surface area contributed by atoms with Gasteiger partial charge in [0.1, 0.15) is 0 Å². The Balaban J connectivity index is 1.85. The van der Waals surface area contributed by atoms with Crippen molar-refractivity contribution in [1.29, 1.82) is 0 Å². The molecule has 5 heteroatoms. The molecule has 3 aromatic rings. The summed E-state index contributed by atoms with van der Waals surface area (Å²) < 4.78 is 1.64. The molecule has 3 rings (SSSR count). The van der Waals surface area contributed by atoms with Crippen LogP contribution in [0.3, 0.4) is 0 Å². The first kappa shape index (κ1) is 12.3. The largest absolute Gasteiger partial charge is 0.289 e. The number of nitrogens with zero attached hydrogens (tertiary/aromatic N) is 3. The molecule has 0 unspecified atom stereocenters. The molecule has 20 heavy (non-hydrogen) atoms. The van der Waals surface area contributed by atoms with Crippen molar-refractivity contribution in [2.75, 3.05) is 5.32 Å². The SMILES string of the molecule is Cc1ccc(C(=O)Nc2nc3cc(C)ccn3n2)cc1. The predicted molar refractivity (Wildman–Crippen MR) is 76.9 cm³/mol. The van der Waals surface area contributed by atoms with Crippen LogP contribution >= 0.6 is 0 Å². The number of aryl methyl sites for hydroxylation is 2. The van der Waals surface area contributed by atoms with Crippen molar-refractivity contribution in [2.24, 2.45) is 0 Å². The molecular formula is C15H14N4O. The minimum atomic E-state index is -0.211. The fraction of sp³-hybridized carbons (Fsp3) is 0.133. The summed E-state index contributed by atoms with van der Waals surface area (Å²) >= 11 is 0. The van der Waals surface area contributed by atoms with Gasteiger partial charge in [0.25, 0.3) is 5.91 Å². The molecule has 2 heterocycles. The summed E-state index contributed by atoms with van der Waals surface area (Å²) in [6.45, 7) is 3.97. The topological polar surface area (TPSA) is 59.3 Å². The zero-order valence-electron chi connectivity index (χ0n) is 11.3. The Morgan fingerprint density at radius 2 is 1.85 bits per heavy atom. The van der Waals surface area contributed by atoms with Crippen molar-refractivity contribution in [1.82, 2.24) is 14.6 Å². The van der Waals surface area contributed by atoms with E-state index in [0.717, 1.165) is 11.1 Å². The Bertz CT molecular complexity index is 774. The number of hydrogen-bond donors (Lipinski definition) is 1. The van der Waals surface area contributed by atoms with Crippen LogP contribution in [-0.2, 0) is 0 Å². The van der Waals surface area contributed by atoms with Crippen LogP contribution in [0.4, 0.5) is 5.95 Å². The van der Waals surface area contributed by atoms with Gasteiger partial charge in [-0.3, -0.25) is 10.1 Å². The first-order valence-corrected chi connectivity index (χ1v) is 6.33. The molecule has 0 atom stereocenters. The number of nitrogens with one attached hydrogen (secondary N) is 1. The van der Waals surface area contributed by atoms with E-state index in [1.54, 1.807) is 16.6 Å². The number of aromatic nitrogens is 3. The van der Waals surface area contributed by atoms with Crippen LogP contribution in [0, 0.1) is 13.8 Å². The van der Waals surface area contributed by atoms with E-state index in [4.69, 9.17) is 0 Å². The highest BCUT2D eigenvalue weighted by Crippen LogP contribution is 2.10. The highest BCUT2D eigenvalue weighted by Gasteiger charge is 2.09. The monoisotopic (exact) mass is 266 g/mol. The molecule has 0 saturated carbocycles. The number of hydrogen-bond acceptors (Lipinski definition) is 3. The summed E-state index contributed by atoms with van der Waals surface area (Å²) in [5, 5.41) is 6.92. The molecule has 0 spiro atoms. The lowest BCUT2D eigenvalue weighted by atomic mass is 10.1. The maximum atomic E-state index is 12.1. The fourth-order valence-electron chi connectivity index (χ4n) is 1.91. The molecule has 0 aliphatic carbocycles. The molecule has 1 aromatic carbocycles.